The zero-order valence-corrected chi connectivity index (χ0v) is 10.4. The van der Waals surface area contributed by atoms with Crippen LogP contribution in [0, 0.1) is 0 Å². The molecule has 3 nitrogen and oxygen atoms in total. The van der Waals surface area contributed by atoms with Gasteiger partial charge in [-0.15, -0.1) is 0 Å². The molecule has 0 bridgehead atoms. The molecule has 0 unspecified atom stereocenters. The number of hydrogen-bond acceptors (Lipinski definition) is 0. The van der Waals surface area contributed by atoms with Gasteiger partial charge in [-0.3, -0.25) is 0 Å². The number of hydrogen-bond donors (Lipinski definition) is 0. The van der Waals surface area contributed by atoms with E-state index in [0.29, 0.717) is 0 Å². The second-order valence-electron chi connectivity index (χ2n) is 0. The van der Waals surface area contributed by atoms with Crippen LogP contribution in [-0.4, -0.2) is 106 Å². The van der Waals surface area contributed by atoms with Gasteiger partial charge in [-0.1, -0.05) is 0 Å². The van der Waals surface area contributed by atoms with Crippen LogP contribution >= 0.6 is 0 Å². The quantitative estimate of drug-likeness (QED) is 0.426. The average Bonchev–Trinajstić information content (AvgIpc) is 0. The first-order valence-electron chi connectivity index (χ1n) is 0. The molecule has 0 spiro atoms. The van der Waals surface area contributed by atoms with Gasteiger partial charge in [0, 0.05) is 0 Å². The van der Waals surface area contributed by atoms with Gasteiger partial charge in [0.15, 0.2) is 0 Å². The van der Waals surface area contributed by atoms with E-state index in [1.165, 1.54) is 0 Å². The Kier molecular flexibility index (Phi) is 383. The van der Waals surface area contributed by atoms with Gasteiger partial charge in [0.05, 0.1) is 0 Å². The van der Waals surface area contributed by atoms with E-state index in [1.54, 1.807) is 0 Å². The Morgan fingerprint density at radius 2 is 0.667 bits per heavy atom. The van der Waals surface area contributed by atoms with Crippen molar-refractivity contribution in [3.05, 3.63) is 0 Å². The van der Waals surface area contributed by atoms with Crippen molar-refractivity contribution in [2.45, 2.75) is 0 Å². The summed E-state index contributed by atoms with van der Waals surface area (Å²) in [6.07, 6.45) is 0. The van der Waals surface area contributed by atoms with Gasteiger partial charge in [0.25, 0.3) is 0 Å². The van der Waals surface area contributed by atoms with Crippen molar-refractivity contribution in [2.75, 3.05) is 0 Å². The fourth-order valence-corrected chi connectivity index (χ4v) is 0. The molecule has 0 aromatic heterocycles. The summed E-state index contributed by atoms with van der Waals surface area (Å²) in [6, 6.07) is 0. The van der Waals surface area contributed by atoms with Crippen LogP contribution in [0.1, 0.15) is 0 Å². The topological polar surface area (TPSA) is 85.5 Å². The predicted molar refractivity (Wildman–Crippen MR) is 19.3 cm³/mol. The molecule has 0 rings (SSSR count). The molecule has 0 radical (unpaired) electrons. The molecule has 0 aliphatic carbocycles. The van der Waals surface area contributed by atoms with Gasteiger partial charge >= 0.3 is 106 Å². The van der Waals surface area contributed by atoms with E-state index in [1.807, 2.05) is 0 Å². The Morgan fingerprint density at radius 3 is 0.667 bits per heavy atom. The Balaban J connectivity index is 0. The normalized spacial score (nSPS) is 0. The second kappa shape index (κ2) is 39.9. The van der Waals surface area contributed by atoms with Crippen molar-refractivity contribution in [3.63, 3.8) is 0 Å². The average molecular weight is 200 g/mol. The van der Waals surface area contributed by atoms with Crippen molar-refractivity contribution in [1.82, 2.24) is 0 Å². The molecule has 0 saturated carbocycles. The molecule has 0 aliphatic rings. The molecule has 0 aliphatic heterocycles. The first-order valence-corrected chi connectivity index (χ1v) is 0. The third-order valence-corrected chi connectivity index (χ3v) is 0. The molecule has 0 saturated heterocycles. The van der Waals surface area contributed by atoms with E-state index < -0.39 is 0 Å². The molecule has 0 fully saturated rings. The monoisotopic (exact) mass is 200 g/mol. The van der Waals surface area contributed by atoms with Crippen molar-refractivity contribution in [3.8, 4) is 0 Å². The van der Waals surface area contributed by atoms with E-state index in [0.717, 1.165) is 0 Å². The van der Waals surface area contributed by atoms with Gasteiger partial charge < -0.3 is 16.4 Å². The summed E-state index contributed by atoms with van der Waals surface area (Å²) < 4.78 is 0. The van der Waals surface area contributed by atoms with Crippen molar-refractivity contribution >= 4 is 106 Å². The Labute approximate surface area is 120 Å². The summed E-state index contributed by atoms with van der Waals surface area (Å²) >= 11 is 0. The molecule has 0 aromatic carbocycles. The minimum absolute atomic E-state index is 0. The van der Waals surface area contributed by atoms with Gasteiger partial charge in [0.1, 0.15) is 0 Å². The van der Waals surface area contributed by atoms with Crippen LogP contribution in [0.4, 0.5) is 0 Å². The fraction of sp³-hybridized carbons (Fsp3) is 0. The maximum Gasteiger partial charge on any atom is 2.00 e. The predicted octanol–water partition coefficient (Wildman–Crippen LogP) is -1.50. The zero-order chi connectivity index (χ0) is 0. The van der Waals surface area contributed by atoms with E-state index in [9.17, 15) is 0 Å². The first kappa shape index (κ1) is 57.6. The third-order valence-electron chi connectivity index (χ3n) is 0. The fourth-order valence-electron chi connectivity index (χ4n) is 0. The van der Waals surface area contributed by atoms with Crippen LogP contribution < -0.4 is 0 Å². The number of rotatable bonds is 0. The van der Waals surface area contributed by atoms with Crippen LogP contribution in [0.3, 0.4) is 0 Å². The Bertz CT molecular complexity index is 10.8. The van der Waals surface area contributed by atoms with Crippen LogP contribution in [0.25, 0.3) is 0 Å². The summed E-state index contributed by atoms with van der Waals surface area (Å²) in [7, 11) is 0. The molecule has 0 heterocycles. The van der Waals surface area contributed by atoms with E-state index >= 15 is 0 Å². The van der Waals surface area contributed by atoms with Crippen LogP contribution in [0.5, 0.6) is 0 Å². The molecule has 0 amide bonds. The van der Waals surface area contributed by atoms with E-state index in [4.69, 9.17) is 0 Å². The van der Waals surface area contributed by atoms with Crippen LogP contribution in [-0.2, 0) is 16.4 Å². The van der Waals surface area contributed by atoms with Gasteiger partial charge in [-0.2, -0.15) is 0 Å². The van der Waals surface area contributed by atoms with Crippen molar-refractivity contribution in [2.24, 2.45) is 0 Å². The van der Waals surface area contributed by atoms with Gasteiger partial charge in [0.2, 0.25) is 0 Å². The molecular formula is CaMgO3Sr. The summed E-state index contributed by atoms with van der Waals surface area (Å²) in [5.41, 5.74) is 0. The maximum atomic E-state index is 0. The maximum absolute atomic E-state index is 0. The summed E-state index contributed by atoms with van der Waals surface area (Å²) in [5.74, 6) is 0. The summed E-state index contributed by atoms with van der Waals surface area (Å²) in [6.45, 7) is 0. The van der Waals surface area contributed by atoms with Gasteiger partial charge in [-0.05, 0) is 0 Å². The molecular weight excluding hydrogens is 200 g/mol. The van der Waals surface area contributed by atoms with E-state index in [-0.39, 0.29) is 123 Å². The van der Waals surface area contributed by atoms with Crippen molar-refractivity contribution < 1.29 is 16.4 Å². The Morgan fingerprint density at radius 1 is 0.667 bits per heavy atom. The largest absolute Gasteiger partial charge is 2.00 e. The SMILES string of the molecule is [Ca+2].[Mg+2].[O-2].[O-2].[O-2].[Sr+2]. The molecule has 0 aromatic rings. The summed E-state index contributed by atoms with van der Waals surface area (Å²) in [4.78, 5) is 0. The Hall–Kier alpha value is 3.39. The first-order chi connectivity index (χ1) is 0. The standard InChI is InChI=1S/Ca.Mg.3O.Sr/q2*+2;3*-2;+2. The molecule has 24 valence electrons. The third kappa shape index (κ3) is 26.3. The molecule has 6 heteroatoms. The van der Waals surface area contributed by atoms with Gasteiger partial charge in [-0.25, -0.2) is 0 Å². The molecule has 0 atom stereocenters. The van der Waals surface area contributed by atoms with Crippen LogP contribution in [0.2, 0.25) is 0 Å². The minimum atomic E-state index is 0. The van der Waals surface area contributed by atoms with E-state index in [2.05, 4.69) is 0 Å². The van der Waals surface area contributed by atoms with Crippen LogP contribution in [0.15, 0.2) is 0 Å². The minimum Gasteiger partial charge on any atom is -2.00 e. The van der Waals surface area contributed by atoms with Crippen molar-refractivity contribution in [1.29, 1.82) is 0 Å². The summed E-state index contributed by atoms with van der Waals surface area (Å²) in [5, 5.41) is 0. The molecule has 6 heavy (non-hydrogen) atoms. The zero-order valence-electron chi connectivity index (χ0n) is 3.35. The smallest absolute Gasteiger partial charge is 2.00 e. The second-order valence-corrected chi connectivity index (χ2v) is 0. The molecule has 0 N–H and O–H groups in total.